The molecule has 0 aliphatic rings. The molecule has 16 heavy (non-hydrogen) atoms. The number of unbranched alkanes of at least 4 members (excludes halogenated alkanes) is 3. The maximum Gasteiger partial charge on any atom is 0.370 e. The molecule has 0 bridgehead atoms. The molecule has 0 radical (unpaired) electrons. The van der Waals surface area contributed by atoms with Crippen LogP contribution >= 0.6 is 23.2 Å². The predicted molar refractivity (Wildman–Crippen MR) is 61.1 cm³/mol. The van der Waals surface area contributed by atoms with E-state index < -0.39 is 9.38 Å². The van der Waals surface area contributed by atoms with Crippen molar-refractivity contribution in [3.8, 4) is 0 Å². The fourth-order valence-electron chi connectivity index (χ4n) is 1.15. The van der Waals surface area contributed by atoms with E-state index in [9.17, 15) is 14.9 Å². The molecule has 0 atom stereocenters. The van der Waals surface area contributed by atoms with Gasteiger partial charge in [0.25, 0.3) is 0 Å². The van der Waals surface area contributed by atoms with Crippen molar-refractivity contribution in [3.63, 3.8) is 0 Å². The van der Waals surface area contributed by atoms with Crippen molar-refractivity contribution < 1.29 is 14.5 Å². The van der Waals surface area contributed by atoms with Gasteiger partial charge in [-0.25, -0.2) is 0 Å². The minimum atomic E-state index is -1.89. The van der Waals surface area contributed by atoms with Crippen LogP contribution in [0.3, 0.4) is 0 Å². The third kappa shape index (κ3) is 6.85. The number of alkyl halides is 2. The highest BCUT2D eigenvalue weighted by Crippen LogP contribution is 2.28. The Morgan fingerprint density at radius 3 is 2.38 bits per heavy atom. The van der Waals surface area contributed by atoms with Crippen LogP contribution in [0.15, 0.2) is 0 Å². The highest BCUT2D eigenvalue weighted by atomic mass is 35.5. The van der Waals surface area contributed by atoms with Crippen LogP contribution in [0.5, 0.6) is 0 Å². The van der Waals surface area contributed by atoms with Gasteiger partial charge in [0, 0.05) is 12.8 Å². The number of ether oxygens (including phenoxy) is 1. The highest BCUT2D eigenvalue weighted by molar-refractivity contribution is 6.46. The van der Waals surface area contributed by atoms with Gasteiger partial charge >= 0.3 is 10.4 Å². The number of nitrogens with zero attached hydrogens (tertiary/aromatic N) is 1. The van der Waals surface area contributed by atoms with E-state index in [1.54, 1.807) is 0 Å². The molecule has 5 nitrogen and oxygen atoms in total. The molecule has 0 heterocycles. The van der Waals surface area contributed by atoms with E-state index in [0.717, 1.165) is 12.8 Å². The molecule has 0 saturated carbocycles. The van der Waals surface area contributed by atoms with Crippen molar-refractivity contribution in [3.05, 3.63) is 10.1 Å². The number of esters is 1. The minimum Gasteiger partial charge on any atom is -0.469 e. The van der Waals surface area contributed by atoms with Crippen LogP contribution in [0.1, 0.15) is 38.5 Å². The number of carbonyl (C=O) groups is 1. The van der Waals surface area contributed by atoms with Gasteiger partial charge in [-0.1, -0.05) is 12.8 Å². The summed E-state index contributed by atoms with van der Waals surface area (Å²) < 4.78 is 2.59. The lowest BCUT2D eigenvalue weighted by molar-refractivity contribution is -0.516. The summed E-state index contributed by atoms with van der Waals surface area (Å²) in [6.45, 7) is 0. The van der Waals surface area contributed by atoms with Gasteiger partial charge in [0.1, 0.15) is 0 Å². The van der Waals surface area contributed by atoms with Crippen LogP contribution in [0.4, 0.5) is 0 Å². The molecular weight excluding hydrogens is 257 g/mol. The molecule has 0 aliphatic heterocycles. The first-order valence-electron chi connectivity index (χ1n) is 4.99. The largest absolute Gasteiger partial charge is 0.469 e. The van der Waals surface area contributed by atoms with Crippen molar-refractivity contribution >= 4 is 29.2 Å². The van der Waals surface area contributed by atoms with Gasteiger partial charge in [0.15, 0.2) is 0 Å². The predicted octanol–water partition coefficient (Wildman–Crippen LogP) is 2.91. The molecule has 0 aromatic carbocycles. The normalized spacial score (nSPS) is 11.2. The van der Waals surface area contributed by atoms with E-state index in [4.69, 9.17) is 23.2 Å². The first-order valence-corrected chi connectivity index (χ1v) is 5.75. The summed E-state index contributed by atoms with van der Waals surface area (Å²) in [5.41, 5.74) is 0. The summed E-state index contributed by atoms with van der Waals surface area (Å²) in [5, 5.41) is 10.3. The summed E-state index contributed by atoms with van der Waals surface area (Å²) in [5.74, 6) is -0.241. The van der Waals surface area contributed by atoms with Gasteiger partial charge in [-0.2, -0.15) is 0 Å². The van der Waals surface area contributed by atoms with Crippen molar-refractivity contribution in [1.29, 1.82) is 0 Å². The van der Waals surface area contributed by atoms with Crippen LogP contribution in [-0.2, 0) is 9.53 Å². The Morgan fingerprint density at radius 1 is 1.31 bits per heavy atom. The van der Waals surface area contributed by atoms with E-state index in [-0.39, 0.29) is 12.4 Å². The molecule has 0 saturated heterocycles. The van der Waals surface area contributed by atoms with Crippen LogP contribution in [0, 0.1) is 10.1 Å². The number of carbonyl (C=O) groups excluding carboxylic acids is 1. The quantitative estimate of drug-likeness (QED) is 0.170. The topological polar surface area (TPSA) is 69.4 Å². The molecule has 0 spiro atoms. The average molecular weight is 272 g/mol. The molecular formula is C9H15Cl2NO4. The average Bonchev–Trinajstić information content (AvgIpc) is 2.22. The second-order valence-corrected chi connectivity index (χ2v) is 4.86. The second-order valence-electron chi connectivity index (χ2n) is 3.41. The fraction of sp³-hybridized carbons (Fsp3) is 0.889. The lowest BCUT2D eigenvalue weighted by Gasteiger charge is -2.09. The Labute approximate surface area is 104 Å². The molecule has 0 fully saturated rings. The van der Waals surface area contributed by atoms with Gasteiger partial charge < -0.3 is 4.74 Å². The molecule has 0 aromatic rings. The zero-order chi connectivity index (χ0) is 12.6. The van der Waals surface area contributed by atoms with Crippen LogP contribution < -0.4 is 0 Å². The number of rotatable bonds is 8. The Bertz CT molecular complexity index is 246. The standard InChI is InChI=1S/C9H15Cl2NO4/c1-16-8(13)6-4-2-3-5-7-9(10,11)12(14)15/h2-7H2,1H3. The first-order chi connectivity index (χ1) is 7.40. The lowest BCUT2D eigenvalue weighted by atomic mass is 10.1. The van der Waals surface area contributed by atoms with Crippen molar-refractivity contribution in [1.82, 2.24) is 0 Å². The Kier molecular flexibility index (Phi) is 7.42. The monoisotopic (exact) mass is 271 g/mol. The molecule has 0 amide bonds. The number of hydrogen-bond donors (Lipinski definition) is 0. The summed E-state index contributed by atoms with van der Waals surface area (Å²) in [6, 6.07) is 0. The zero-order valence-corrected chi connectivity index (χ0v) is 10.6. The maximum absolute atomic E-state index is 10.7. The smallest absolute Gasteiger partial charge is 0.370 e. The lowest BCUT2D eigenvalue weighted by Crippen LogP contribution is -2.24. The van der Waals surface area contributed by atoms with Crippen LogP contribution in [0.2, 0.25) is 0 Å². The number of halogens is 2. The maximum atomic E-state index is 10.7. The van der Waals surface area contributed by atoms with E-state index in [2.05, 4.69) is 4.74 Å². The summed E-state index contributed by atoms with van der Waals surface area (Å²) >= 11 is 10.9. The fourth-order valence-corrected chi connectivity index (χ4v) is 1.42. The summed E-state index contributed by atoms with van der Waals surface area (Å²) in [4.78, 5) is 20.4. The molecule has 0 rings (SSSR count). The van der Waals surface area contributed by atoms with Crippen LogP contribution in [-0.4, -0.2) is 22.5 Å². The molecule has 94 valence electrons. The Morgan fingerprint density at radius 2 is 1.88 bits per heavy atom. The summed E-state index contributed by atoms with van der Waals surface area (Å²) in [7, 11) is 1.34. The van der Waals surface area contributed by atoms with E-state index in [1.165, 1.54) is 7.11 Å². The molecule has 0 N–H and O–H groups in total. The van der Waals surface area contributed by atoms with Crippen molar-refractivity contribution in [2.75, 3.05) is 7.11 Å². The zero-order valence-electron chi connectivity index (χ0n) is 9.08. The highest BCUT2D eigenvalue weighted by Gasteiger charge is 2.36. The Balaban J connectivity index is 3.47. The number of hydrogen-bond acceptors (Lipinski definition) is 4. The van der Waals surface area contributed by atoms with Gasteiger partial charge in [0.2, 0.25) is 0 Å². The SMILES string of the molecule is COC(=O)CCCCCCC(Cl)(Cl)[N+](=O)[O-]. The third-order valence-corrected chi connectivity index (χ3v) is 2.76. The first kappa shape index (κ1) is 15.4. The Hall–Kier alpha value is -0.550. The molecule has 0 unspecified atom stereocenters. The molecule has 0 aromatic heterocycles. The van der Waals surface area contributed by atoms with E-state index in [1.807, 2.05) is 0 Å². The number of methoxy groups -OCH3 is 1. The van der Waals surface area contributed by atoms with Crippen molar-refractivity contribution in [2.45, 2.75) is 43.0 Å². The second kappa shape index (κ2) is 7.68. The van der Waals surface area contributed by atoms with Crippen LogP contribution in [0.25, 0.3) is 0 Å². The van der Waals surface area contributed by atoms with Gasteiger partial charge in [-0.05, 0) is 36.0 Å². The van der Waals surface area contributed by atoms with Gasteiger partial charge in [-0.15, -0.1) is 0 Å². The van der Waals surface area contributed by atoms with Crippen molar-refractivity contribution in [2.24, 2.45) is 0 Å². The molecule has 7 heteroatoms. The summed E-state index contributed by atoms with van der Waals surface area (Å²) in [6.07, 6.45) is 3.32. The third-order valence-electron chi connectivity index (χ3n) is 2.10. The molecule has 0 aliphatic carbocycles. The van der Waals surface area contributed by atoms with E-state index in [0.29, 0.717) is 19.3 Å². The number of nitro groups is 1. The van der Waals surface area contributed by atoms with Gasteiger partial charge in [-0.3, -0.25) is 14.9 Å². The minimum absolute atomic E-state index is 0.112. The van der Waals surface area contributed by atoms with Gasteiger partial charge in [0.05, 0.1) is 12.0 Å². The van der Waals surface area contributed by atoms with E-state index >= 15 is 0 Å².